The van der Waals surface area contributed by atoms with E-state index in [1.807, 2.05) is 26.0 Å². The van der Waals surface area contributed by atoms with Gasteiger partial charge >= 0.3 is 0 Å². The number of aromatic amines is 1. The van der Waals surface area contributed by atoms with E-state index in [-0.39, 0.29) is 5.56 Å². The Balaban J connectivity index is 1.62. The van der Waals surface area contributed by atoms with E-state index in [0.29, 0.717) is 16.5 Å². The number of H-pyrrole nitrogens is 1. The van der Waals surface area contributed by atoms with E-state index in [1.54, 1.807) is 37.3 Å². The van der Waals surface area contributed by atoms with E-state index in [0.717, 1.165) is 16.7 Å². The highest BCUT2D eigenvalue weighted by atomic mass is 35.5. The normalized spacial score (nSPS) is 11.6. The number of aryl methyl sites for hydroxylation is 1. The highest BCUT2D eigenvalue weighted by molar-refractivity contribution is 6.30. The van der Waals surface area contributed by atoms with Crippen molar-refractivity contribution in [3.05, 3.63) is 70.4 Å². The van der Waals surface area contributed by atoms with Crippen LogP contribution in [0, 0.1) is 13.8 Å². The summed E-state index contributed by atoms with van der Waals surface area (Å²) < 4.78 is 5.72. The third kappa shape index (κ3) is 4.75. The second-order valence-corrected chi connectivity index (χ2v) is 7.00. The molecular weight excluding hydrogens is 392 g/mol. The van der Waals surface area contributed by atoms with Crippen LogP contribution in [0.15, 0.2) is 48.7 Å². The number of hydrazine groups is 1. The average molecular weight is 413 g/mol. The lowest BCUT2D eigenvalue weighted by molar-refractivity contribution is -0.128. The van der Waals surface area contributed by atoms with Crippen LogP contribution in [0.3, 0.4) is 0 Å². The number of benzene rings is 2. The maximum Gasteiger partial charge on any atom is 0.279 e. The van der Waals surface area contributed by atoms with E-state index in [1.165, 1.54) is 6.20 Å². The van der Waals surface area contributed by atoms with Crippen LogP contribution in [0.1, 0.15) is 28.4 Å². The number of carbonyl (C=O) groups is 2. The summed E-state index contributed by atoms with van der Waals surface area (Å²) in [6.45, 7) is 5.50. The smallest absolute Gasteiger partial charge is 0.279 e. The third-order valence-electron chi connectivity index (χ3n) is 4.54. The molecule has 3 N–H and O–H groups in total. The molecule has 0 aliphatic rings. The number of nitrogens with zero attached hydrogens (tertiary/aromatic N) is 1. The molecule has 29 heavy (non-hydrogen) atoms. The number of aromatic nitrogens is 2. The predicted octanol–water partition coefficient (Wildman–Crippen LogP) is 3.58. The van der Waals surface area contributed by atoms with Crippen molar-refractivity contribution in [1.82, 2.24) is 21.0 Å². The topological polar surface area (TPSA) is 96.1 Å². The van der Waals surface area contributed by atoms with E-state index < -0.39 is 17.9 Å². The van der Waals surface area contributed by atoms with Crippen LogP contribution >= 0.6 is 11.6 Å². The Bertz CT molecular complexity index is 1030. The summed E-state index contributed by atoms with van der Waals surface area (Å²) in [5, 5.41) is 7.29. The third-order valence-corrected chi connectivity index (χ3v) is 4.80. The van der Waals surface area contributed by atoms with Crippen LogP contribution in [0.4, 0.5) is 0 Å². The standard InChI is InChI=1S/C21H21ClN4O3/c1-12-5-4-6-18(13(12)2)29-14(3)20(27)25-26-21(28)17-11-23-24-19(17)15-7-9-16(22)10-8-15/h4-11,14H,1-3H3,(H,23,24)(H,25,27)(H,26,28). The van der Waals surface area contributed by atoms with Crippen molar-refractivity contribution >= 4 is 23.4 Å². The Morgan fingerprint density at radius 3 is 2.55 bits per heavy atom. The van der Waals surface area contributed by atoms with E-state index in [4.69, 9.17) is 16.3 Å². The lowest BCUT2D eigenvalue weighted by Gasteiger charge is -2.17. The molecule has 8 heteroatoms. The first kappa shape index (κ1) is 20.4. The van der Waals surface area contributed by atoms with Crippen molar-refractivity contribution in [3.8, 4) is 17.0 Å². The summed E-state index contributed by atoms with van der Waals surface area (Å²) in [7, 11) is 0. The molecule has 1 unspecified atom stereocenters. The molecule has 3 aromatic rings. The Hall–Kier alpha value is -3.32. The minimum absolute atomic E-state index is 0.288. The van der Waals surface area contributed by atoms with Crippen LogP contribution in [0.2, 0.25) is 5.02 Å². The highest BCUT2D eigenvalue weighted by Crippen LogP contribution is 2.23. The van der Waals surface area contributed by atoms with Crippen molar-refractivity contribution in [2.24, 2.45) is 0 Å². The number of amides is 2. The van der Waals surface area contributed by atoms with Gasteiger partial charge in [-0.15, -0.1) is 0 Å². The number of halogens is 1. The molecule has 3 rings (SSSR count). The molecule has 150 valence electrons. The van der Waals surface area contributed by atoms with Gasteiger partial charge in [-0.1, -0.05) is 35.9 Å². The van der Waals surface area contributed by atoms with Crippen LogP contribution < -0.4 is 15.6 Å². The van der Waals surface area contributed by atoms with Crippen molar-refractivity contribution in [2.45, 2.75) is 26.9 Å². The molecule has 2 amide bonds. The summed E-state index contributed by atoms with van der Waals surface area (Å²) in [5.74, 6) is -0.356. The van der Waals surface area contributed by atoms with Gasteiger partial charge in [0.15, 0.2) is 6.10 Å². The molecule has 0 aliphatic heterocycles. The van der Waals surface area contributed by atoms with Gasteiger partial charge in [0, 0.05) is 10.6 Å². The van der Waals surface area contributed by atoms with Crippen LogP contribution in [0.25, 0.3) is 11.3 Å². The summed E-state index contributed by atoms with van der Waals surface area (Å²) in [6, 6.07) is 12.6. The molecule has 0 aliphatic carbocycles. The molecule has 0 bridgehead atoms. The number of hydrogen-bond acceptors (Lipinski definition) is 4. The number of carbonyl (C=O) groups excluding carboxylic acids is 2. The Morgan fingerprint density at radius 1 is 1.10 bits per heavy atom. The average Bonchev–Trinajstić information content (AvgIpc) is 3.19. The molecule has 1 heterocycles. The maximum atomic E-state index is 12.5. The zero-order valence-corrected chi connectivity index (χ0v) is 17.0. The molecule has 0 spiro atoms. The summed E-state index contributed by atoms with van der Waals surface area (Å²) >= 11 is 5.90. The van der Waals surface area contributed by atoms with E-state index in [9.17, 15) is 9.59 Å². The summed E-state index contributed by atoms with van der Waals surface area (Å²) in [6.07, 6.45) is 0.595. The van der Waals surface area contributed by atoms with Crippen LogP contribution in [0.5, 0.6) is 5.75 Å². The van der Waals surface area contributed by atoms with Gasteiger partial charge in [-0.05, 0) is 50.1 Å². The van der Waals surface area contributed by atoms with E-state index in [2.05, 4.69) is 21.0 Å². The van der Waals surface area contributed by atoms with Gasteiger partial charge in [-0.3, -0.25) is 25.5 Å². The Kier molecular flexibility index (Phi) is 6.19. The van der Waals surface area contributed by atoms with E-state index >= 15 is 0 Å². The van der Waals surface area contributed by atoms with Crippen molar-refractivity contribution in [2.75, 3.05) is 0 Å². The van der Waals surface area contributed by atoms with Crippen molar-refractivity contribution in [3.63, 3.8) is 0 Å². The lowest BCUT2D eigenvalue weighted by atomic mass is 10.1. The van der Waals surface area contributed by atoms with Crippen molar-refractivity contribution < 1.29 is 14.3 Å². The van der Waals surface area contributed by atoms with Gasteiger partial charge in [0.05, 0.1) is 17.5 Å². The van der Waals surface area contributed by atoms with Crippen LogP contribution in [-0.2, 0) is 4.79 Å². The first-order chi connectivity index (χ1) is 13.9. The quantitative estimate of drug-likeness (QED) is 0.558. The first-order valence-electron chi connectivity index (χ1n) is 8.99. The minimum atomic E-state index is -0.795. The predicted molar refractivity (Wildman–Crippen MR) is 111 cm³/mol. The molecular formula is C21H21ClN4O3. The molecule has 1 atom stereocenters. The van der Waals surface area contributed by atoms with Crippen LogP contribution in [-0.4, -0.2) is 28.1 Å². The Morgan fingerprint density at radius 2 is 1.83 bits per heavy atom. The Labute approximate surface area is 173 Å². The molecule has 0 saturated carbocycles. The summed E-state index contributed by atoms with van der Waals surface area (Å²) in [5.41, 5.74) is 8.36. The molecule has 1 aromatic heterocycles. The second-order valence-electron chi connectivity index (χ2n) is 6.57. The summed E-state index contributed by atoms with van der Waals surface area (Å²) in [4.78, 5) is 24.8. The molecule has 0 saturated heterocycles. The second kappa shape index (κ2) is 8.79. The molecule has 0 radical (unpaired) electrons. The SMILES string of the molecule is Cc1cccc(OC(C)C(=O)NNC(=O)c2cn[nH]c2-c2ccc(Cl)cc2)c1C. The monoisotopic (exact) mass is 412 g/mol. The van der Waals surface area contributed by atoms with Gasteiger partial charge in [0.1, 0.15) is 5.75 Å². The molecule has 7 nitrogen and oxygen atoms in total. The van der Waals surface area contributed by atoms with Gasteiger partial charge in [-0.25, -0.2) is 0 Å². The van der Waals surface area contributed by atoms with Gasteiger partial charge in [-0.2, -0.15) is 5.10 Å². The fourth-order valence-corrected chi connectivity index (χ4v) is 2.80. The highest BCUT2D eigenvalue weighted by Gasteiger charge is 2.19. The largest absolute Gasteiger partial charge is 0.481 e. The minimum Gasteiger partial charge on any atom is -0.481 e. The van der Waals surface area contributed by atoms with Gasteiger partial charge < -0.3 is 4.74 Å². The number of rotatable bonds is 5. The van der Waals surface area contributed by atoms with Gasteiger partial charge in [0.25, 0.3) is 11.8 Å². The molecule has 2 aromatic carbocycles. The number of nitrogens with one attached hydrogen (secondary N) is 3. The number of hydrogen-bond donors (Lipinski definition) is 3. The molecule has 0 fully saturated rings. The first-order valence-corrected chi connectivity index (χ1v) is 9.37. The fraction of sp³-hybridized carbons (Fsp3) is 0.190. The lowest BCUT2D eigenvalue weighted by Crippen LogP contribution is -2.47. The van der Waals surface area contributed by atoms with Gasteiger partial charge in [0.2, 0.25) is 0 Å². The maximum absolute atomic E-state index is 12.5. The number of ether oxygens (including phenoxy) is 1. The fourth-order valence-electron chi connectivity index (χ4n) is 2.68. The zero-order valence-electron chi connectivity index (χ0n) is 16.2. The zero-order chi connectivity index (χ0) is 21.0. The van der Waals surface area contributed by atoms with Crippen molar-refractivity contribution in [1.29, 1.82) is 0 Å².